The maximum atomic E-state index is 12.2. The van der Waals surface area contributed by atoms with Crippen molar-refractivity contribution in [2.24, 2.45) is 5.92 Å². The Morgan fingerprint density at radius 1 is 1.37 bits per heavy atom. The van der Waals surface area contributed by atoms with Crippen LogP contribution in [0.5, 0.6) is 0 Å². The van der Waals surface area contributed by atoms with Gasteiger partial charge in [-0.3, -0.25) is 14.4 Å². The molecule has 0 aromatic carbocycles. The highest BCUT2D eigenvalue weighted by Crippen LogP contribution is 2.21. The van der Waals surface area contributed by atoms with Gasteiger partial charge in [-0.1, -0.05) is 13.8 Å². The second-order valence-corrected chi connectivity index (χ2v) is 5.18. The third-order valence-electron chi connectivity index (χ3n) is 3.29. The normalized spacial score (nSPS) is 20.5. The summed E-state index contributed by atoms with van der Waals surface area (Å²) in [6.07, 6.45) is 1.42. The number of rotatable bonds is 5. The van der Waals surface area contributed by atoms with Crippen molar-refractivity contribution >= 4 is 17.6 Å². The number of amides is 2. The number of carbonyl (C=O) groups is 3. The molecule has 1 fully saturated rings. The van der Waals surface area contributed by atoms with Gasteiger partial charge in [0.1, 0.15) is 6.04 Å². The molecule has 2 atom stereocenters. The van der Waals surface area contributed by atoms with Crippen LogP contribution in [0.1, 0.15) is 33.6 Å². The summed E-state index contributed by atoms with van der Waals surface area (Å²) in [6.45, 7) is 4.94. The molecule has 1 aliphatic rings. The first-order valence-electron chi connectivity index (χ1n) is 6.60. The van der Waals surface area contributed by atoms with E-state index in [1.54, 1.807) is 13.8 Å². The van der Waals surface area contributed by atoms with Crippen LogP contribution in [0.3, 0.4) is 0 Å². The first kappa shape index (κ1) is 15.6. The monoisotopic (exact) mass is 270 g/mol. The Balaban J connectivity index is 2.79. The second kappa shape index (κ2) is 6.65. The van der Waals surface area contributed by atoms with Crippen LogP contribution in [-0.2, 0) is 14.4 Å². The Labute approximate surface area is 113 Å². The van der Waals surface area contributed by atoms with E-state index in [0.717, 1.165) is 6.42 Å². The van der Waals surface area contributed by atoms with Gasteiger partial charge >= 0.3 is 0 Å². The predicted octanol–water partition coefficient (Wildman–Crippen LogP) is -0.300. The minimum atomic E-state index is -0.960. The zero-order valence-electron chi connectivity index (χ0n) is 11.7. The topological polar surface area (TPSA) is 86.7 Å². The molecule has 108 valence electrons. The molecule has 1 aliphatic heterocycles. The fourth-order valence-corrected chi connectivity index (χ4v) is 2.34. The van der Waals surface area contributed by atoms with Gasteiger partial charge in [-0.25, -0.2) is 0 Å². The largest absolute Gasteiger partial charge is 0.394 e. The molecule has 0 spiro atoms. The third kappa shape index (κ3) is 3.76. The molecular weight excluding hydrogens is 248 g/mol. The van der Waals surface area contributed by atoms with Crippen molar-refractivity contribution in [3.63, 3.8) is 0 Å². The summed E-state index contributed by atoms with van der Waals surface area (Å²) in [5, 5.41) is 11.6. The lowest BCUT2D eigenvalue weighted by Gasteiger charge is -2.28. The van der Waals surface area contributed by atoms with Gasteiger partial charge in [0.15, 0.2) is 5.78 Å². The smallest absolute Gasteiger partial charge is 0.248 e. The first-order valence-corrected chi connectivity index (χ1v) is 6.60. The molecule has 0 radical (unpaired) electrons. The minimum Gasteiger partial charge on any atom is -0.394 e. The molecule has 0 unspecified atom stereocenters. The molecule has 2 amide bonds. The van der Waals surface area contributed by atoms with Crippen molar-refractivity contribution in [3.8, 4) is 0 Å². The summed E-state index contributed by atoms with van der Waals surface area (Å²) in [4.78, 5) is 36.8. The van der Waals surface area contributed by atoms with E-state index in [1.807, 2.05) is 0 Å². The fourth-order valence-electron chi connectivity index (χ4n) is 2.34. The average molecular weight is 270 g/mol. The SMILES string of the molecule is CC(=O)N[C@@H](CO)C(=O)N1CCC[C@H]1C(=O)C(C)C. The van der Waals surface area contributed by atoms with Crippen molar-refractivity contribution in [1.29, 1.82) is 0 Å². The van der Waals surface area contributed by atoms with E-state index in [0.29, 0.717) is 13.0 Å². The lowest BCUT2D eigenvalue weighted by atomic mass is 9.99. The molecule has 0 aromatic heterocycles. The summed E-state index contributed by atoms with van der Waals surface area (Å²) in [6, 6.07) is -1.38. The number of ketones is 1. The van der Waals surface area contributed by atoms with E-state index in [-0.39, 0.29) is 23.5 Å². The van der Waals surface area contributed by atoms with Gasteiger partial charge in [0, 0.05) is 19.4 Å². The number of nitrogens with one attached hydrogen (secondary N) is 1. The fraction of sp³-hybridized carbons (Fsp3) is 0.769. The van der Waals surface area contributed by atoms with Gasteiger partial charge in [0.05, 0.1) is 12.6 Å². The molecule has 0 bridgehead atoms. The molecule has 1 heterocycles. The van der Waals surface area contributed by atoms with E-state index < -0.39 is 18.7 Å². The zero-order chi connectivity index (χ0) is 14.6. The van der Waals surface area contributed by atoms with Crippen molar-refractivity contribution in [2.45, 2.75) is 45.7 Å². The Hall–Kier alpha value is -1.43. The molecule has 1 saturated heterocycles. The molecular formula is C13H22N2O4. The number of Topliss-reactive ketones (excluding diaryl/α,β-unsaturated/α-hetero) is 1. The van der Waals surface area contributed by atoms with Crippen LogP contribution >= 0.6 is 0 Å². The van der Waals surface area contributed by atoms with Gasteiger partial charge in [-0.15, -0.1) is 0 Å². The lowest BCUT2D eigenvalue weighted by Crippen LogP contribution is -2.53. The number of likely N-dealkylation sites (tertiary alicyclic amines) is 1. The Bertz CT molecular complexity index is 368. The van der Waals surface area contributed by atoms with Gasteiger partial charge in [0.2, 0.25) is 11.8 Å². The average Bonchev–Trinajstić information content (AvgIpc) is 2.82. The van der Waals surface area contributed by atoms with Crippen molar-refractivity contribution in [3.05, 3.63) is 0 Å². The predicted molar refractivity (Wildman–Crippen MR) is 69.3 cm³/mol. The summed E-state index contributed by atoms with van der Waals surface area (Å²) >= 11 is 0. The van der Waals surface area contributed by atoms with Crippen molar-refractivity contribution in [2.75, 3.05) is 13.2 Å². The number of carbonyl (C=O) groups excluding carboxylic acids is 3. The summed E-state index contributed by atoms with van der Waals surface area (Å²) in [7, 11) is 0. The molecule has 1 rings (SSSR count). The molecule has 6 nitrogen and oxygen atoms in total. The van der Waals surface area contributed by atoms with Gasteiger partial charge in [-0.2, -0.15) is 0 Å². The summed E-state index contributed by atoms with van der Waals surface area (Å²) in [5.41, 5.74) is 0. The number of aliphatic hydroxyl groups is 1. The molecule has 19 heavy (non-hydrogen) atoms. The van der Waals surface area contributed by atoms with E-state index in [2.05, 4.69) is 5.32 Å². The van der Waals surface area contributed by atoms with Crippen LogP contribution < -0.4 is 5.32 Å². The van der Waals surface area contributed by atoms with Crippen molar-refractivity contribution < 1.29 is 19.5 Å². The standard InChI is InChI=1S/C13H22N2O4/c1-8(2)12(18)11-5-4-6-15(11)13(19)10(7-16)14-9(3)17/h8,10-11,16H,4-7H2,1-3H3,(H,14,17)/t10-,11-/m0/s1. The minimum absolute atomic E-state index is 0.0327. The van der Waals surface area contributed by atoms with Gasteiger partial charge < -0.3 is 15.3 Å². The first-order chi connectivity index (χ1) is 8.88. The van der Waals surface area contributed by atoms with Crippen LogP contribution in [0.15, 0.2) is 0 Å². The summed E-state index contributed by atoms with van der Waals surface area (Å²) < 4.78 is 0. The molecule has 0 aromatic rings. The quantitative estimate of drug-likeness (QED) is 0.718. The van der Waals surface area contributed by atoms with E-state index in [4.69, 9.17) is 0 Å². The zero-order valence-corrected chi connectivity index (χ0v) is 11.7. The van der Waals surface area contributed by atoms with Crippen LogP contribution in [0.4, 0.5) is 0 Å². The molecule has 2 N–H and O–H groups in total. The van der Waals surface area contributed by atoms with Crippen LogP contribution in [0.2, 0.25) is 0 Å². The van der Waals surface area contributed by atoms with Crippen LogP contribution in [0, 0.1) is 5.92 Å². The third-order valence-corrected chi connectivity index (χ3v) is 3.29. The maximum absolute atomic E-state index is 12.2. The molecule has 0 saturated carbocycles. The maximum Gasteiger partial charge on any atom is 0.248 e. The number of hydrogen-bond acceptors (Lipinski definition) is 4. The molecule has 0 aliphatic carbocycles. The molecule has 6 heteroatoms. The highest BCUT2D eigenvalue weighted by Gasteiger charge is 2.37. The highest BCUT2D eigenvalue weighted by atomic mass is 16.3. The lowest BCUT2D eigenvalue weighted by molar-refractivity contribution is -0.142. The van der Waals surface area contributed by atoms with E-state index in [1.165, 1.54) is 11.8 Å². The second-order valence-electron chi connectivity index (χ2n) is 5.18. The Morgan fingerprint density at radius 2 is 2.00 bits per heavy atom. The number of aliphatic hydroxyl groups excluding tert-OH is 1. The van der Waals surface area contributed by atoms with Crippen LogP contribution in [-0.4, -0.2) is 52.8 Å². The Kier molecular flexibility index (Phi) is 5.47. The van der Waals surface area contributed by atoms with Gasteiger partial charge in [0.25, 0.3) is 0 Å². The summed E-state index contributed by atoms with van der Waals surface area (Å²) in [5.74, 6) is -0.857. The van der Waals surface area contributed by atoms with E-state index >= 15 is 0 Å². The highest BCUT2D eigenvalue weighted by molar-refractivity contribution is 5.93. The number of hydrogen-bond donors (Lipinski definition) is 2. The van der Waals surface area contributed by atoms with Gasteiger partial charge in [-0.05, 0) is 12.8 Å². The Morgan fingerprint density at radius 3 is 2.47 bits per heavy atom. The van der Waals surface area contributed by atoms with E-state index in [9.17, 15) is 19.5 Å². The van der Waals surface area contributed by atoms with Crippen LogP contribution in [0.25, 0.3) is 0 Å². The van der Waals surface area contributed by atoms with Crippen molar-refractivity contribution in [1.82, 2.24) is 10.2 Å². The number of nitrogens with zero attached hydrogens (tertiary/aromatic N) is 1.